The highest BCUT2D eigenvalue weighted by Gasteiger charge is 2.28. The van der Waals surface area contributed by atoms with Gasteiger partial charge in [-0.2, -0.15) is 0 Å². The third kappa shape index (κ3) is 4.29. The van der Waals surface area contributed by atoms with E-state index in [1.807, 2.05) is 46.1 Å². The van der Waals surface area contributed by atoms with Crippen LogP contribution in [0.5, 0.6) is 0 Å². The SMILES string of the molecule is Cc1ccc(C(=O)N2CCCCC2CCn2cc(-c3ccccc3)nn2)c(=O)[nH]1. The lowest BCUT2D eigenvalue weighted by Crippen LogP contribution is -2.45. The van der Waals surface area contributed by atoms with Crippen molar-refractivity contribution in [3.8, 4) is 11.3 Å². The second-order valence-corrected chi connectivity index (χ2v) is 7.55. The molecule has 0 aliphatic carbocycles. The maximum absolute atomic E-state index is 13.0. The Bertz CT molecular complexity index is 1040. The molecule has 150 valence electrons. The number of nitrogens with zero attached hydrogens (tertiary/aromatic N) is 4. The van der Waals surface area contributed by atoms with E-state index in [2.05, 4.69) is 15.3 Å². The molecule has 1 aliphatic heterocycles. The maximum Gasteiger partial charge on any atom is 0.260 e. The van der Waals surface area contributed by atoms with E-state index in [4.69, 9.17) is 0 Å². The van der Waals surface area contributed by atoms with Crippen LogP contribution >= 0.6 is 0 Å². The summed E-state index contributed by atoms with van der Waals surface area (Å²) < 4.78 is 1.83. The molecule has 3 heterocycles. The minimum absolute atomic E-state index is 0.0985. The lowest BCUT2D eigenvalue weighted by atomic mass is 9.98. The quantitative estimate of drug-likeness (QED) is 0.725. The smallest absolute Gasteiger partial charge is 0.260 e. The van der Waals surface area contributed by atoms with E-state index in [1.165, 1.54) is 0 Å². The van der Waals surface area contributed by atoms with Crippen molar-refractivity contribution in [2.75, 3.05) is 6.54 Å². The van der Waals surface area contributed by atoms with E-state index in [-0.39, 0.29) is 23.1 Å². The van der Waals surface area contributed by atoms with Crippen LogP contribution in [0.25, 0.3) is 11.3 Å². The number of piperidine rings is 1. The highest BCUT2D eigenvalue weighted by molar-refractivity contribution is 5.94. The zero-order valence-corrected chi connectivity index (χ0v) is 16.5. The van der Waals surface area contributed by atoms with Crippen LogP contribution in [-0.2, 0) is 6.54 Å². The highest BCUT2D eigenvalue weighted by Crippen LogP contribution is 2.22. The number of aromatic nitrogens is 4. The number of rotatable bonds is 5. The second-order valence-electron chi connectivity index (χ2n) is 7.55. The van der Waals surface area contributed by atoms with E-state index < -0.39 is 0 Å². The third-order valence-corrected chi connectivity index (χ3v) is 5.47. The average molecular weight is 391 g/mol. The molecule has 1 unspecified atom stereocenters. The van der Waals surface area contributed by atoms with Gasteiger partial charge in [-0.3, -0.25) is 14.3 Å². The Morgan fingerprint density at radius 3 is 2.79 bits per heavy atom. The summed E-state index contributed by atoms with van der Waals surface area (Å²) in [6.45, 7) is 3.17. The molecule has 1 aromatic carbocycles. The number of carbonyl (C=O) groups is 1. The summed E-state index contributed by atoms with van der Waals surface area (Å²) >= 11 is 0. The summed E-state index contributed by atoms with van der Waals surface area (Å²) in [5, 5.41) is 8.50. The molecule has 3 aromatic rings. The van der Waals surface area contributed by atoms with Crippen molar-refractivity contribution in [3.63, 3.8) is 0 Å². The molecule has 0 bridgehead atoms. The van der Waals surface area contributed by atoms with Gasteiger partial charge < -0.3 is 9.88 Å². The summed E-state index contributed by atoms with van der Waals surface area (Å²) in [6, 6.07) is 13.5. The predicted molar refractivity (Wildman–Crippen MR) is 111 cm³/mol. The maximum atomic E-state index is 13.0. The van der Waals surface area contributed by atoms with Gasteiger partial charge in [-0.1, -0.05) is 35.5 Å². The van der Waals surface area contributed by atoms with Gasteiger partial charge in [0.05, 0.1) is 6.20 Å². The van der Waals surface area contributed by atoms with Crippen molar-refractivity contribution in [2.24, 2.45) is 0 Å². The Labute approximate surface area is 169 Å². The van der Waals surface area contributed by atoms with E-state index >= 15 is 0 Å². The summed E-state index contributed by atoms with van der Waals surface area (Å²) in [5.41, 5.74) is 2.53. The lowest BCUT2D eigenvalue weighted by molar-refractivity contribution is 0.0592. The zero-order chi connectivity index (χ0) is 20.2. The highest BCUT2D eigenvalue weighted by atomic mass is 16.2. The predicted octanol–water partition coefficient (Wildman–Crippen LogP) is 3.03. The Morgan fingerprint density at radius 2 is 2.00 bits per heavy atom. The molecule has 2 aromatic heterocycles. The van der Waals surface area contributed by atoms with Crippen LogP contribution in [0.3, 0.4) is 0 Å². The summed E-state index contributed by atoms with van der Waals surface area (Å²) in [5.74, 6) is -0.181. The lowest BCUT2D eigenvalue weighted by Gasteiger charge is -2.35. The molecule has 1 N–H and O–H groups in total. The summed E-state index contributed by atoms with van der Waals surface area (Å²) in [4.78, 5) is 29.8. The number of pyridine rings is 1. The Kier molecular flexibility index (Phi) is 5.55. The van der Waals surface area contributed by atoms with Gasteiger partial charge in [0.25, 0.3) is 11.5 Å². The number of hydrogen-bond donors (Lipinski definition) is 1. The van der Waals surface area contributed by atoms with Crippen LogP contribution in [0, 0.1) is 6.92 Å². The minimum Gasteiger partial charge on any atom is -0.335 e. The summed E-state index contributed by atoms with van der Waals surface area (Å²) in [7, 11) is 0. The first-order chi connectivity index (χ1) is 14.1. The van der Waals surface area contributed by atoms with Gasteiger partial charge in [0.1, 0.15) is 11.3 Å². The van der Waals surface area contributed by atoms with Gasteiger partial charge in [0.15, 0.2) is 0 Å². The van der Waals surface area contributed by atoms with Crippen molar-refractivity contribution >= 4 is 5.91 Å². The van der Waals surface area contributed by atoms with Gasteiger partial charge in [-0.25, -0.2) is 0 Å². The molecule has 1 atom stereocenters. The fourth-order valence-electron chi connectivity index (χ4n) is 3.89. The number of hydrogen-bond acceptors (Lipinski definition) is 4. The van der Waals surface area contributed by atoms with Gasteiger partial charge in [0, 0.05) is 30.4 Å². The van der Waals surface area contributed by atoms with Crippen LogP contribution in [-0.4, -0.2) is 43.4 Å². The molecule has 0 spiro atoms. The number of amides is 1. The van der Waals surface area contributed by atoms with E-state index in [1.54, 1.807) is 19.1 Å². The monoisotopic (exact) mass is 391 g/mol. The Hall–Kier alpha value is -3.22. The normalized spacial score (nSPS) is 16.7. The van der Waals surface area contributed by atoms with Crippen molar-refractivity contribution in [1.29, 1.82) is 0 Å². The largest absolute Gasteiger partial charge is 0.335 e. The molecule has 4 rings (SSSR count). The van der Waals surface area contributed by atoms with Gasteiger partial charge in [-0.15, -0.1) is 5.10 Å². The first kappa shape index (κ1) is 19.1. The standard InChI is InChI=1S/C22H25N5O2/c1-16-10-11-19(21(28)23-16)22(29)27-13-6-5-9-18(27)12-14-26-15-20(24-25-26)17-7-3-2-4-8-17/h2-4,7-8,10-11,15,18H,5-6,9,12-14H2,1H3,(H,23,28). The third-order valence-electron chi connectivity index (χ3n) is 5.47. The second kappa shape index (κ2) is 8.43. The molecular formula is C22H25N5O2. The fraction of sp³-hybridized carbons (Fsp3) is 0.364. The number of H-pyrrole nitrogens is 1. The fourth-order valence-corrected chi connectivity index (χ4v) is 3.89. The van der Waals surface area contributed by atoms with Gasteiger partial charge in [0.2, 0.25) is 0 Å². The van der Waals surface area contributed by atoms with E-state index in [9.17, 15) is 9.59 Å². The first-order valence-corrected chi connectivity index (χ1v) is 10.1. The van der Waals surface area contributed by atoms with Crippen LogP contribution in [0.4, 0.5) is 0 Å². The molecule has 29 heavy (non-hydrogen) atoms. The first-order valence-electron chi connectivity index (χ1n) is 10.1. The topological polar surface area (TPSA) is 83.9 Å². The van der Waals surface area contributed by atoms with E-state index in [0.29, 0.717) is 13.1 Å². The van der Waals surface area contributed by atoms with Crippen LogP contribution < -0.4 is 5.56 Å². The minimum atomic E-state index is -0.317. The Morgan fingerprint density at radius 1 is 1.17 bits per heavy atom. The number of likely N-dealkylation sites (tertiary alicyclic amines) is 1. The van der Waals surface area contributed by atoms with Crippen molar-refractivity contribution in [1.82, 2.24) is 24.9 Å². The number of benzene rings is 1. The van der Waals surface area contributed by atoms with Crippen LogP contribution in [0.2, 0.25) is 0 Å². The zero-order valence-electron chi connectivity index (χ0n) is 16.5. The molecule has 7 heteroatoms. The van der Waals surface area contributed by atoms with Crippen molar-refractivity contribution in [2.45, 2.75) is 45.2 Å². The van der Waals surface area contributed by atoms with Crippen molar-refractivity contribution < 1.29 is 4.79 Å². The summed E-state index contributed by atoms with van der Waals surface area (Å²) in [6.07, 6.45) is 5.72. The van der Waals surface area contributed by atoms with Crippen molar-refractivity contribution in [3.05, 3.63) is 70.3 Å². The molecule has 1 fully saturated rings. The molecular weight excluding hydrogens is 366 g/mol. The molecule has 1 amide bonds. The number of aromatic amines is 1. The van der Waals surface area contributed by atoms with Crippen LogP contribution in [0.15, 0.2) is 53.5 Å². The number of carbonyl (C=O) groups excluding carboxylic acids is 1. The van der Waals surface area contributed by atoms with Gasteiger partial charge >= 0.3 is 0 Å². The number of nitrogens with one attached hydrogen (secondary N) is 1. The average Bonchev–Trinajstić information content (AvgIpc) is 3.22. The Balaban J connectivity index is 1.45. The molecule has 0 radical (unpaired) electrons. The molecule has 7 nitrogen and oxygen atoms in total. The molecule has 1 aliphatic rings. The van der Waals surface area contributed by atoms with Gasteiger partial charge in [-0.05, 0) is 44.7 Å². The van der Waals surface area contributed by atoms with Crippen LogP contribution in [0.1, 0.15) is 41.7 Å². The van der Waals surface area contributed by atoms with E-state index in [0.717, 1.165) is 42.6 Å². The number of aryl methyl sites for hydroxylation is 2. The molecule has 0 saturated carbocycles. The molecule has 1 saturated heterocycles.